The summed E-state index contributed by atoms with van der Waals surface area (Å²) >= 11 is 6.34. The van der Waals surface area contributed by atoms with E-state index in [1.54, 1.807) is 22.1 Å². The number of hydrogen-bond donors (Lipinski definition) is 4. The van der Waals surface area contributed by atoms with Gasteiger partial charge in [-0.05, 0) is 49.3 Å². The number of carbonyl (C=O) groups is 4. The van der Waals surface area contributed by atoms with Crippen molar-refractivity contribution >= 4 is 72.1 Å². The van der Waals surface area contributed by atoms with Crippen LogP contribution in [0.4, 0.5) is 0 Å². The summed E-state index contributed by atoms with van der Waals surface area (Å²) in [5, 5.41) is 0. The van der Waals surface area contributed by atoms with Crippen LogP contribution in [0.25, 0.3) is 0 Å². The molecule has 0 saturated heterocycles. The van der Waals surface area contributed by atoms with E-state index in [0.29, 0.717) is 0 Å². The molecular weight excluding hydrogens is 664 g/mol. The lowest BCUT2D eigenvalue weighted by Crippen LogP contribution is -2.63. The predicted molar refractivity (Wildman–Crippen MR) is 156 cm³/mol. The van der Waals surface area contributed by atoms with Gasteiger partial charge in [-0.2, -0.15) is 0 Å². The fourth-order valence-corrected chi connectivity index (χ4v) is 5.34. The topological polar surface area (TPSA) is 153 Å². The maximum atomic E-state index is 13.3. The van der Waals surface area contributed by atoms with Gasteiger partial charge in [-0.25, -0.2) is 0 Å². The molecule has 0 aromatic heterocycles. The van der Waals surface area contributed by atoms with Gasteiger partial charge in [0.1, 0.15) is 12.2 Å². The molecule has 0 fully saturated rings. The number of hydrogen-bond acceptors (Lipinski definition) is 8. The average molecular weight is 705 g/mol. The molecule has 0 aromatic carbocycles. The third-order valence-electron chi connectivity index (χ3n) is 4.06. The highest BCUT2D eigenvalue weighted by atomic mass is 79.9. The molecule has 4 amide bonds. The minimum atomic E-state index is -2.43. The molecule has 218 valence electrons. The predicted octanol–water partition coefficient (Wildman–Crippen LogP) is 2.35. The van der Waals surface area contributed by atoms with Crippen molar-refractivity contribution in [3.63, 3.8) is 0 Å². The van der Waals surface area contributed by atoms with Crippen molar-refractivity contribution in [1.29, 1.82) is 0 Å². The summed E-state index contributed by atoms with van der Waals surface area (Å²) in [6, 6.07) is 0. The molecule has 0 radical (unpaired) electrons. The largest absolute Gasteiger partial charge is 0.409 e. The molecule has 0 bridgehead atoms. The van der Waals surface area contributed by atoms with Crippen LogP contribution in [0.1, 0.15) is 13.8 Å². The van der Waals surface area contributed by atoms with E-state index in [1.807, 2.05) is 39.3 Å². The summed E-state index contributed by atoms with van der Waals surface area (Å²) < 4.78 is 24.7. The SMILES string of the molecule is CC(=O)NNC(=O)[C@H](OC/C=C/Br)[C@H](O[Si](C)(C)C)[C@@H](O[Si](C)(C)C)[C@@H](OC/C=C/Br)C(=O)NNC(C)=O. The first-order valence-electron chi connectivity index (χ1n) is 11.7. The van der Waals surface area contributed by atoms with Gasteiger partial charge in [0.2, 0.25) is 11.8 Å². The third kappa shape index (κ3) is 16.5. The Labute approximate surface area is 243 Å². The van der Waals surface area contributed by atoms with Gasteiger partial charge in [0.15, 0.2) is 28.8 Å². The standard InChI is InChI=1S/C22H40Br2N4O8Si2/c1-15(29)25-27-21(31)19(33-13-9-11-23)17(35-37(3,4)5)18(36-38(6,7)8)20(34-14-10-12-24)22(32)28-26-16(2)30/h9-12,17-20H,13-14H2,1-8H3,(H,25,29)(H,26,30)(H,27,31)(H,28,32)/b11-9+,12-10+/t17-,18-,19-,20-/m1/s1. The lowest BCUT2D eigenvalue weighted by atomic mass is 10.0. The van der Waals surface area contributed by atoms with Crippen molar-refractivity contribution in [3.8, 4) is 0 Å². The molecule has 0 heterocycles. The van der Waals surface area contributed by atoms with E-state index in [4.69, 9.17) is 18.3 Å². The smallest absolute Gasteiger partial charge is 0.270 e. The summed E-state index contributed by atoms with van der Waals surface area (Å²) in [5.74, 6) is -2.41. The number of rotatable bonds is 15. The number of halogens is 2. The maximum Gasteiger partial charge on any atom is 0.270 e. The first kappa shape index (κ1) is 36.6. The molecule has 38 heavy (non-hydrogen) atoms. The van der Waals surface area contributed by atoms with Crippen molar-refractivity contribution in [3.05, 3.63) is 22.1 Å². The summed E-state index contributed by atoms with van der Waals surface area (Å²) in [7, 11) is -4.86. The van der Waals surface area contributed by atoms with Crippen LogP contribution in [0.2, 0.25) is 39.3 Å². The normalized spacial score (nSPS) is 15.5. The molecule has 0 spiro atoms. The minimum absolute atomic E-state index is 0.00453. The first-order chi connectivity index (χ1) is 17.5. The Morgan fingerprint density at radius 2 is 0.974 bits per heavy atom. The zero-order valence-electron chi connectivity index (χ0n) is 23.1. The molecule has 0 saturated carbocycles. The van der Waals surface area contributed by atoms with E-state index in [-0.39, 0.29) is 13.2 Å². The van der Waals surface area contributed by atoms with Gasteiger partial charge in [0, 0.05) is 13.8 Å². The third-order valence-corrected chi connectivity index (χ3v) is 6.77. The summed E-state index contributed by atoms with van der Waals surface area (Å²) in [6.07, 6.45) is -1.71. The second kappa shape index (κ2) is 18.0. The lowest BCUT2D eigenvalue weighted by Gasteiger charge is -2.41. The summed E-state index contributed by atoms with van der Waals surface area (Å²) in [4.78, 5) is 52.7. The molecule has 0 aliphatic rings. The Morgan fingerprint density at radius 3 is 1.21 bits per heavy atom. The van der Waals surface area contributed by atoms with Gasteiger partial charge >= 0.3 is 0 Å². The van der Waals surface area contributed by atoms with Gasteiger partial charge in [-0.3, -0.25) is 40.9 Å². The number of amides is 4. The summed E-state index contributed by atoms with van der Waals surface area (Å²) in [6.45, 7) is 14.0. The van der Waals surface area contributed by atoms with Crippen LogP contribution < -0.4 is 21.7 Å². The second-order valence-corrected chi connectivity index (χ2v) is 19.9. The van der Waals surface area contributed by atoms with Crippen LogP contribution in [0, 0.1) is 0 Å². The molecule has 16 heteroatoms. The monoisotopic (exact) mass is 702 g/mol. The van der Waals surface area contributed by atoms with Crippen molar-refractivity contribution in [2.45, 2.75) is 77.5 Å². The van der Waals surface area contributed by atoms with Crippen LogP contribution in [-0.2, 0) is 37.5 Å². The molecule has 0 aliphatic heterocycles. The first-order valence-corrected chi connectivity index (χ1v) is 20.4. The molecule has 4 atom stereocenters. The number of ether oxygens (including phenoxy) is 2. The Hall–Kier alpha value is -1.41. The zero-order valence-corrected chi connectivity index (χ0v) is 28.2. The fourth-order valence-electron chi connectivity index (χ4n) is 2.89. The fraction of sp³-hybridized carbons (Fsp3) is 0.636. The van der Waals surface area contributed by atoms with E-state index in [1.165, 1.54) is 13.8 Å². The molecule has 0 aliphatic carbocycles. The van der Waals surface area contributed by atoms with Gasteiger partial charge in [0.25, 0.3) is 11.8 Å². The lowest BCUT2D eigenvalue weighted by molar-refractivity contribution is -0.161. The highest BCUT2D eigenvalue weighted by molar-refractivity contribution is 9.11. The Kier molecular flexibility index (Phi) is 17.4. The molecule has 0 aromatic rings. The van der Waals surface area contributed by atoms with Gasteiger partial charge < -0.3 is 18.3 Å². The second-order valence-electron chi connectivity index (χ2n) is 9.96. The van der Waals surface area contributed by atoms with Gasteiger partial charge in [0.05, 0.1) is 13.2 Å². The van der Waals surface area contributed by atoms with E-state index in [2.05, 4.69) is 53.6 Å². The quantitative estimate of drug-likeness (QED) is 0.150. The van der Waals surface area contributed by atoms with Crippen LogP contribution >= 0.6 is 31.9 Å². The highest BCUT2D eigenvalue weighted by Gasteiger charge is 2.47. The van der Waals surface area contributed by atoms with E-state index in [0.717, 1.165) is 0 Å². The molecule has 4 N–H and O–H groups in total. The van der Waals surface area contributed by atoms with Crippen LogP contribution in [0.15, 0.2) is 22.1 Å². The van der Waals surface area contributed by atoms with Crippen molar-refractivity contribution in [2.75, 3.05) is 13.2 Å². The average Bonchev–Trinajstić information content (AvgIpc) is 2.78. The number of nitrogens with one attached hydrogen (secondary N) is 4. The molecular formula is C22H40Br2N4O8Si2. The Bertz CT molecular complexity index is 782. The van der Waals surface area contributed by atoms with Crippen molar-refractivity contribution in [1.82, 2.24) is 21.7 Å². The van der Waals surface area contributed by atoms with E-state index in [9.17, 15) is 19.2 Å². The van der Waals surface area contributed by atoms with Crippen molar-refractivity contribution < 1.29 is 37.5 Å². The van der Waals surface area contributed by atoms with Crippen LogP contribution in [-0.4, -0.2) is 77.9 Å². The van der Waals surface area contributed by atoms with Crippen molar-refractivity contribution in [2.24, 2.45) is 0 Å². The highest BCUT2D eigenvalue weighted by Crippen LogP contribution is 2.25. The molecule has 0 rings (SSSR count). The van der Waals surface area contributed by atoms with E-state index < -0.39 is 64.7 Å². The molecule has 12 nitrogen and oxygen atoms in total. The summed E-state index contributed by atoms with van der Waals surface area (Å²) in [5.41, 5.74) is 9.17. The molecule has 0 unspecified atom stereocenters. The Balaban J connectivity index is 6.86. The van der Waals surface area contributed by atoms with Gasteiger partial charge in [-0.1, -0.05) is 44.0 Å². The van der Waals surface area contributed by atoms with E-state index >= 15 is 0 Å². The minimum Gasteiger partial charge on any atom is -0.409 e. The number of hydrazine groups is 2. The van der Waals surface area contributed by atoms with Crippen LogP contribution in [0.3, 0.4) is 0 Å². The Morgan fingerprint density at radius 1 is 0.658 bits per heavy atom. The zero-order chi connectivity index (χ0) is 29.5. The maximum absolute atomic E-state index is 13.3. The van der Waals surface area contributed by atoms with Gasteiger partial charge in [-0.15, -0.1) is 0 Å². The van der Waals surface area contributed by atoms with Crippen LogP contribution in [0.5, 0.6) is 0 Å². The number of carbonyl (C=O) groups excluding carboxylic acids is 4.